The summed E-state index contributed by atoms with van der Waals surface area (Å²) < 4.78 is 0. The van der Waals surface area contributed by atoms with Gasteiger partial charge in [-0.2, -0.15) is 0 Å². The van der Waals surface area contributed by atoms with Crippen molar-refractivity contribution in [2.45, 2.75) is 64.0 Å². The van der Waals surface area contributed by atoms with Gasteiger partial charge in [-0.3, -0.25) is 4.90 Å². The third-order valence-corrected chi connectivity index (χ3v) is 4.75. The largest absolute Gasteiger partial charge is 0.367 e. The molecule has 1 aromatic rings. The van der Waals surface area contributed by atoms with E-state index in [1.165, 1.54) is 63.6 Å². The van der Waals surface area contributed by atoms with Crippen molar-refractivity contribution in [3.8, 4) is 0 Å². The Balaban J connectivity index is 1.65. The first-order valence-corrected chi connectivity index (χ1v) is 8.33. The second kappa shape index (κ2) is 6.57. The maximum Gasteiger partial charge on any atom is 0.126 e. The molecule has 1 aliphatic heterocycles. The fourth-order valence-electron chi connectivity index (χ4n) is 3.37. The number of rotatable bonds is 5. The zero-order valence-corrected chi connectivity index (χ0v) is 12.6. The summed E-state index contributed by atoms with van der Waals surface area (Å²) in [6.45, 7) is 4.74. The standard InChI is InChI=1S/C17H27N3/c1-2-11-20-12-4-3-8-16(20)14-9-10-17(18-13-14)19-15-6-5-7-15/h9-10,13,15-16H,2-8,11-12H2,1H3,(H,18,19)/t16-/m0/s1. The van der Waals surface area contributed by atoms with E-state index < -0.39 is 0 Å². The number of anilines is 1. The van der Waals surface area contributed by atoms with Crippen molar-refractivity contribution in [3.63, 3.8) is 0 Å². The van der Waals surface area contributed by atoms with Gasteiger partial charge in [-0.25, -0.2) is 4.98 Å². The first kappa shape index (κ1) is 13.9. The lowest BCUT2D eigenvalue weighted by molar-refractivity contribution is 0.149. The van der Waals surface area contributed by atoms with Crippen LogP contribution in [0.15, 0.2) is 18.3 Å². The number of likely N-dealkylation sites (tertiary alicyclic amines) is 1. The van der Waals surface area contributed by atoms with Crippen LogP contribution in [-0.2, 0) is 0 Å². The van der Waals surface area contributed by atoms with Gasteiger partial charge < -0.3 is 5.32 Å². The van der Waals surface area contributed by atoms with Gasteiger partial charge in [0.2, 0.25) is 0 Å². The molecule has 0 aromatic carbocycles. The zero-order chi connectivity index (χ0) is 13.8. The van der Waals surface area contributed by atoms with Crippen molar-refractivity contribution in [2.75, 3.05) is 18.4 Å². The van der Waals surface area contributed by atoms with Crippen molar-refractivity contribution >= 4 is 5.82 Å². The van der Waals surface area contributed by atoms with Gasteiger partial charge in [-0.15, -0.1) is 0 Å². The molecule has 3 heteroatoms. The van der Waals surface area contributed by atoms with Gasteiger partial charge in [-0.1, -0.05) is 19.4 Å². The molecular formula is C17H27N3. The summed E-state index contributed by atoms with van der Waals surface area (Å²) >= 11 is 0. The lowest BCUT2D eigenvalue weighted by Gasteiger charge is -2.35. The van der Waals surface area contributed by atoms with Crippen molar-refractivity contribution in [2.24, 2.45) is 0 Å². The van der Waals surface area contributed by atoms with E-state index in [9.17, 15) is 0 Å². The Morgan fingerprint density at radius 1 is 1.20 bits per heavy atom. The van der Waals surface area contributed by atoms with Crippen LogP contribution in [0.5, 0.6) is 0 Å². The van der Waals surface area contributed by atoms with E-state index in [1.807, 2.05) is 0 Å². The van der Waals surface area contributed by atoms with Gasteiger partial charge in [0.05, 0.1) is 0 Å². The van der Waals surface area contributed by atoms with E-state index in [4.69, 9.17) is 0 Å². The van der Waals surface area contributed by atoms with Gasteiger partial charge >= 0.3 is 0 Å². The molecular weight excluding hydrogens is 246 g/mol. The number of hydrogen-bond acceptors (Lipinski definition) is 3. The normalized spacial score (nSPS) is 24.4. The van der Waals surface area contributed by atoms with Crippen LogP contribution in [0.1, 0.15) is 63.5 Å². The van der Waals surface area contributed by atoms with Crippen molar-refractivity contribution < 1.29 is 0 Å². The van der Waals surface area contributed by atoms with Crippen LogP contribution in [0.2, 0.25) is 0 Å². The van der Waals surface area contributed by atoms with E-state index in [1.54, 1.807) is 0 Å². The summed E-state index contributed by atoms with van der Waals surface area (Å²) in [5.41, 5.74) is 1.40. The van der Waals surface area contributed by atoms with E-state index >= 15 is 0 Å². The van der Waals surface area contributed by atoms with E-state index in [-0.39, 0.29) is 0 Å². The maximum absolute atomic E-state index is 4.63. The summed E-state index contributed by atoms with van der Waals surface area (Å²) in [4.78, 5) is 7.27. The average Bonchev–Trinajstić information content (AvgIpc) is 2.45. The molecule has 2 fully saturated rings. The fourth-order valence-corrected chi connectivity index (χ4v) is 3.37. The minimum atomic E-state index is 0.592. The van der Waals surface area contributed by atoms with Crippen LogP contribution >= 0.6 is 0 Å². The summed E-state index contributed by atoms with van der Waals surface area (Å²) in [7, 11) is 0. The first-order valence-electron chi connectivity index (χ1n) is 8.33. The quantitative estimate of drug-likeness (QED) is 0.879. The molecule has 1 aliphatic carbocycles. The molecule has 2 heterocycles. The predicted octanol–water partition coefficient (Wildman–Crippen LogP) is 3.98. The van der Waals surface area contributed by atoms with Crippen molar-refractivity contribution in [1.29, 1.82) is 0 Å². The molecule has 0 spiro atoms. The monoisotopic (exact) mass is 273 g/mol. The van der Waals surface area contributed by atoms with E-state index in [2.05, 4.69) is 40.5 Å². The topological polar surface area (TPSA) is 28.2 Å². The van der Waals surface area contributed by atoms with Crippen LogP contribution in [0.25, 0.3) is 0 Å². The number of piperidine rings is 1. The summed E-state index contributed by atoms with van der Waals surface area (Å²) in [6, 6.07) is 5.72. The Labute approximate surface area is 122 Å². The number of nitrogens with one attached hydrogen (secondary N) is 1. The van der Waals surface area contributed by atoms with Crippen molar-refractivity contribution in [3.05, 3.63) is 23.9 Å². The van der Waals surface area contributed by atoms with Gasteiger partial charge in [0, 0.05) is 18.3 Å². The SMILES string of the molecule is CCCN1CCCC[C@H]1c1ccc(NC2CCC2)nc1. The highest BCUT2D eigenvalue weighted by molar-refractivity contribution is 5.37. The minimum absolute atomic E-state index is 0.592. The second-order valence-electron chi connectivity index (χ2n) is 6.30. The van der Waals surface area contributed by atoms with Gasteiger partial charge in [0.25, 0.3) is 0 Å². The maximum atomic E-state index is 4.63. The summed E-state index contributed by atoms with van der Waals surface area (Å²) in [5.74, 6) is 1.05. The third-order valence-electron chi connectivity index (χ3n) is 4.75. The highest BCUT2D eigenvalue weighted by atomic mass is 15.2. The second-order valence-corrected chi connectivity index (χ2v) is 6.30. The first-order chi connectivity index (χ1) is 9.86. The van der Waals surface area contributed by atoms with Crippen LogP contribution in [0, 0.1) is 0 Å². The van der Waals surface area contributed by atoms with Gasteiger partial charge in [-0.05, 0) is 63.2 Å². The van der Waals surface area contributed by atoms with E-state index in [0.29, 0.717) is 12.1 Å². The van der Waals surface area contributed by atoms with Gasteiger partial charge in [0.15, 0.2) is 0 Å². The predicted molar refractivity (Wildman–Crippen MR) is 84.0 cm³/mol. The molecule has 0 amide bonds. The van der Waals surface area contributed by atoms with E-state index in [0.717, 1.165) is 5.82 Å². The Kier molecular flexibility index (Phi) is 4.56. The molecule has 3 rings (SSSR count). The molecule has 1 atom stereocenters. The van der Waals surface area contributed by atoms with Crippen LogP contribution in [0.4, 0.5) is 5.82 Å². The number of pyridine rings is 1. The Hall–Kier alpha value is -1.09. The Morgan fingerprint density at radius 2 is 2.10 bits per heavy atom. The summed E-state index contributed by atoms with van der Waals surface area (Å²) in [6.07, 6.45) is 11.3. The number of hydrogen-bond donors (Lipinski definition) is 1. The minimum Gasteiger partial charge on any atom is -0.367 e. The lowest BCUT2D eigenvalue weighted by atomic mass is 9.93. The molecule has 1 aromatic heterocycles. The lowest BCUT2D eigenvalue weighted by Crippen LogP contribution is -2.34. The average molecular weight is 273 g/mol. The molecule has 0 bridgehead atoms. The van der Waals surface area contributed by atoms with Gasteiger partial charge in [0.1, 0.15) is 5.82 Å². The van der Waals surface area contributed by atoms with Crippen LogP contribution in [-0.4, -0.2) is 29.0 Å². The molecule has 3 nitrogen and oxygen atoms in total. The molecule has 110 valence electrons. The summed E-state index contributed by atoms with van der Waals surface area (Å²) in [5, 5.41) is 3.52. The number of aromatic nitrogens is 1. The molecule has 1 saturated carbocycles. The molecule has 2 aliphatic rings. The number of nitrogens with zero attached hydrogens (tertiary/aromatic N) is 2. The zero-order valence-electron chi connectivity index (χ0n) is 12.6. The van der Waals surface area contributed by atoms with Crippen LogP contribution in [0.3, 0.4) is 0 Å². The Morgan fingerprint density at radius 3 is 2.75 bits per heavy atom. The molecule has 1 saturated heterocycles. The smallest absolute Gasteiger partial charge is 0.126 e. The molecule has 0 radical (unpaired) electrons. The fraction of sp³-hybridized carbons (Fsp3) is 0.706. The van der Waals surface area contributed by atoms with Crippen LogP contribution < -0.4 is 5.32 Å². The Bertz CT molecular complexity index is 409. The molecule has 1 N–H and O–H groups in total. The highest BCUT2D eigenvalue weighted by Crippen LogP contribution is 2.31. The highest BCUT2D eigenvalue weighted by Gasteiger charge is 2.23. The van der Waals surface area contributed by atoms with Crippen molar-refractivity contribution in [1.82, 2.24) is 9.88 Å². The molecule has 0 unspecified atom stereocenters. The molecule has 20 heavy (non-hydrogen) atoms. The third kappa shape index (κ3) is 3.14.